The van der Waals surface area contributed by atoms with Crippen LogP contribution >= 0.6 is 34.8 Å². The van der Waals surface area contributed by atoms with E-state index >= 15 is 0 Å². The molecule has 0 radical (unpaired) electrons. The van der Waals surface area contributed by atoms with Crippen LogP contribution in [0.3, 0.4) is 0 Å². The maximum atomic E-state index is 14.3. The first-order chi connectivity index (χ1) is 14.7. The highest BCUT2D eigenvalue weighted by atomic mass is 35.5. The average molecular weight is 488 g/mol. The van der Waals surface area contributed by atoms with E-state index in [1.165, 1.54) is 23.1 Å². The molecule has 0 aliphatic heterocycles. The van der Waals surface area contributed by atoms with Crippen molar-refractivity contribution < 1.29 is 14.0 Å². The Labute approximate surface area is 197 Å². The highest BCUT2D eigenvalue weighted by Crippen LogP contribution is 2.28. The minimum atomic E-state index is -0.778. The van der Waals surface area contributed by atoms with Gasteiger partial charge in [0.15, 0.2) is 0 Å². The summed E-state index contributed by atoms with van der Waals surface area (Å²) in [5.74, 6) is -1.31. The molecule has 0 unspecified atom stereocenters. The molecule has 0 heterocycles. The zero-order valence-corrected chi connectivity index (χ0v) is 20.0. The van der Waals surface area contributed by atoms with Gasteiger partial charge in [0.2, 0.25) is 11.8 Å². The maximum Gasteiger partial charge on any atom is 0.243 e. The van der Waals surface area contributed by atoms with Crippen LogP contribution in [0.1, 0.15) is 44.7 Å². The Morgan fingerprint density at radius 2 is 1.52 bits per heavy atom. The van der Waals surface area contributed by atoms with Crippen molar-refractivity contribution in [1.82, 2.24) is 10.2 Å². The van der Waals surface area contributed by atoms with Crippen LogP contribution in [0.4, 0.5) is 4.39 Å². The molecule has 2 aromatic carbocycles. The quantitative estimate of drug-likeness (QED) is 0.468. The summed E-state index contributed by atoms with van der Waals surface area (Å²) in [4.78, 5) is 27.7. The lowest BCUT2D eigenvalue weighted by atomic mass is 10.1. The zero-order valence-electron chi connectivity index (χ0n) is 17.7. The van der Waals surface area contributed by atoms with Crippen molar-refractivity contribution in [1.29, 1.82) is 0 Å². The Morgan fingerprint density at radius 3 is 2.03 bits per heavy atom. The molecule has 0 spiro atoms. The van der Waals surface area contributed by atoms with Gasteiger partial charge >= 0.3 is 0 Å². The Morgan fingerprint density at radius 1 is 0.968 bits per heavy atom. The van der Waals surface area contributed by atoms with Crippen LogP contribution in [0.15, 0.2) is 36.4 Å². The fourth-order valence-electron chi connectivity index (χ4n) is 3.17. The lowest BCUT2D eigenvalue weighted by Crippen LogP contribution is -2.51. The largest absolute Gasteiger partial charge is 0.352 e. The van der Waals surface area contributed by atoms with Gasteiger partial charge in [-0.15, -0.1) is 0 Å². The van der Waals surface area contributed by atoms with Crippen molar-refractivity contribution in [2.24, 2.45) is 0 Å². The van der Waals surface area contributed by atoms with Gasteiger partial charge in [-0.05, 0) is 44.0 Å². The zero-order chi connectivity index (χ0) is 23.1. The Hall–Kier alpha value is -1.82. The summed E-state index contributed by atoms with van der Waals surface area (Å²) < 4.78 is 14.3. The first-order valence-electron chi connectivity index (χ1n) is 10.1. The molecule has 0 aliphatic rings. The van der Waals surface area contributed by atoms with Gasteiger partial charge in [-0.25, -0.2) is 4.39 Å². The third-order valence-electron chi connectivity index (χ3n) is 5.17. The number of carbonyl (C=O) groups excluding carboxylic acids is 2. The first-order valence-corrected chi connectivity index (χ1v) is 11.3. The van der Waals surface area contributed by atoms with Gasteiger partial charge in [0, 0.05) is 38.8 Å². The second kappa shape index (κ2) is 11.7. The summed E-state index contributed by atoms with van der Waals surface area (Å²) >= 11 is 18.8. The van der Waals surface area contributed by atoms with E-state index in [0.29, 0.717) is 22.0 Å². The standard InChI is InChI=1S/C23H26Cl3FN2O2/c1-4-14(3)28-23(31)21(5-2)29(13-16-18(25)8-6-9-19(16)26)22(30)12-15-17(24)10-7-11-20(15)27/h6-11,14,21H,4-5,12-13H2,1-3H3,(H,28,31)/t14-,21+/m1/s1. The van der Waals surface area contributed by atoms with Crippen LogP contribution in [0.25, 0.3) is 0 Å². The van der Waals surface area contributed by atoms with Gasteiger partial charge in [-0.1, -0.05) is 60.8 Å². The summed E-state index contributed by atoms with van der Waals surface area (Å²) in [5.41, 5.74) is 0.607. The molecule has 1 N–H and O–H groups in total. The van der Waals surface area contributed by atoms with E-state index in [4.69, 9.17) is 34.8 Å². The third-order valence-corrected chi connectivity index (χ3v) is 6.23. The van der Waals surface area contributed by atoms with Crippen molar-refractivity contribution >= 4 is 46.6 Å². The van der Waals surface area contributed by atoms with E-state index < -0.39 is 17.8 Å². The van der Waals surface area contributed by atoms with Crippen LogP contribution in [0.5, 0.6) is 0 Å². The minimum absolute atomic E-state index is 0.00977. The molecule has 4 nitrogen and oxygen atoms in total. The summed E-state index contributed by atoms with van der Waals surface area (Å²) in [6.07, 6.45) is 0.819. The molecule has 2 amide bonds. The van der Waals surface area contributed by atoms with Gasteiger partial charge < -0.3 is 10.2 Å². The molecule has 8 heteroatoms. The van der Waals surface area contributed by atoms with Gasteiger partial charge in [-0.2, -0.15) is 0 Å². The molecule has 2 aromatic rings. The number of rotatable bonds is 9. The summed E-state index contributed by atoms with van der Waals surface area (Å²) in [6, 6.07) is 8.45. The second-order valence-electron chi connectivity index (χ2n) is 7.34. The summed E-state index contributed by atoms with van der Waals surface area (Å²) in [6.45, 7) is 5.67. The van der Waals surface area contributed by atoms with Crippen molar-refractivity contribution in [2.75, 3.05) is 0 Å². The number of benzene rings is 2. The average Bonchev–Trinajstić information content (AvgIpc) is 2.72. The third kappa shape index (κ3) is 6.58. The molecular weight excluding hydrogens is 462 g/mol. The maximum absolute atomic E-state index is 14.3. The Kier molecular flexibility index (Phi) is 9.60. The minimum Gasteiger partial charge on any atom is -0.352 e. The molecule has 2 rings (SSSR count). The van der Waals surface area contributed by atoms with Crippen LogP contribution < -0.4 is 5.32 Å². The van der Waals surface area contributed by atoms with Gasteiger partial charge in [0.05, 0.1) is 6.42 Å². The Bertz CT molecular complexity index is 899. The number of halogens is 4. The predicted molar refractivity (Wildman–Crippen MR) is 124 cm³/mol. The second-order valence-corrected chi connectivity index (χ2v) is 8.56. The Balaban J connectivity index is 2.43. The molecule has 31 heavy (non-hydrogen) atoms. The van der Waals surface area contributed by atoms with Crippen LogP contribution in [0.2, 0.25) is 15.1 Å². The molecule has 0 aliphatic carbocycles. The predicted octanol–water partition coefficient (Wildman–Crippen LogP) is 6.05. The SMILES string of the molecule is CC[C@@H](C)NC(=O)[C@H](CC)N(Cc1c(Cl)cccc1Cl)C(=O)Cc1c(F)cccc1Cl. The number of hydrogen-bond acceptors (Lipinski definition) is 2. The van der Waals surface area contributed by atoms with Crippen LogP contribution in [-0.4, -0.2) is 28.8 Å². The highest BCUT2D eigenvalue weighted by molar-refractivity contribution is 6.36. The molecule has 0 bridgehead atoms. The van der Waals surface area contributed by atoms with E-state index in [0.717, 1.165) is 6.42 Å². The fraction of sp³-hybridized carbons (Fsp3) is 0.391. The van der Waals surface area contributed by atoms with E-state index in [1.54, 1.807) is 18.2 Å². The van der Waals surface area contributed by atoms with Crippen molar-refractivity contribution in [2.45, 2.75) is 58.7 Å². The molecule has 0 saturated carbocycles. The highest BCUT2D eigenvalue weighted by Gasteiger charge is 2.31. The number of nitrogens with one attached hydrogen (secondary N) is 1. The normalized spacial score (nSPS) is 12.9. The number of nitrogens with zero attached hydrogens (tertiary/aromatic N) is 1. The molecular formula is C23H26Cl3FN2O2. The lowest BCUT2D eigenvalue weighted by Gasteiger charge is -2.32. The number of amides is 2. The lowest BCUT2D eigenvalue weighted by molar-refractivity contribution is -0.141. The van der Waals surface area contributed by atoms with Crippen molar-refractivity contribution in [3.8, 4) is 0 Å². The van der Waals surface area contributed by atoms with Gasteiger partial charge in [-0.3, -0.25) is 9.59 Å². The number of hydrogen-bond donors (Lipinski definition) is 1. The summed E-state index contributed by atoms with van der Waals surface area (Å²) in [5, 5.41) is 3.83. The van der Waals surface area contributed by atoms with Crippen molar-refractivity contribution in [3.63, 3.8) is 0 Å². The topological polar surface area (TPSA) is 49.4 Å². The molecule has 0 aromatic heterocycles. The molecule has 168 valence electrons. The van der Waals surface area contributed by atoms with E-state index in [1.807, 2.05) is 20.8 Å². The van der Waals surface area contributed by atoms with E-state index in [2.05, 4.69) is 5.32 Å². The smallest absolute Gasteiger partial charge is 0.243 e. The fourth-order valence-corrected chi connectivity index (χ4v) is 3.92. The van der Waals surface area contributed by atoms with Crippen molar-refractivity contribution in [3.05, 3.63) is 68.4 Å². The van der Waals surface area contributed by atoms with E-state index in [9.17, 15) is 14.0 Å². The number of carbonyl (C=O) groups is 2. The van der Waals surface area contributed by atoms with Crippen LogP contribution in [0, 0.1) is 5.82 Å². The molecule has 0 saturated heterocycles. The van der Waals surface area contributed by atoms with Crippen LogP contribution in [-0.2, 0) is 22.6 Å². The van der Waals surface area contributed by atoms with E-state index in [-0.39, 0.29) is 35.5 Å². The first kappa shape index (κ1) is 25.4. The molecule has 2 atom stereocenters. The van der Waals surface area contributed by atoms with Gasteiger partial charge in [0.1, 0.15) is 11.9 Å². The van der Waals surface area contributed by atoms with Gasteiger partial charge in [0.25, 0.3) is 0 Å². The summed E-state index contributed by atoms with van der Waals surface area (Å²) in [7, 11) is 0. The monoisotopic (exact) mass is 486 g/mol. The molecule has 0 fully saturated rings.